The zero-order valence-electron chi connectivity index (χ0n) is 24.6. The molecule has 0 saturated carbocycles. The molecule has 3 N–H and O–H groups in total. The van der Waals surface area contributed by atoms with Crippen molar-refractivity contribution >= 4 is 5.91 Å². The molecule has 1 aromatic heterocycles. The van der Waals surface area contributed by atoms with Crippen molar-refractivity contribution in [3.63, 3.8) is 0 Å². The van der Waals surface area contributed by atoms with Crippen LogP contribution in [0, 0.1) is 5.92 Å². The Morgan fingerprint density at radius 3 is 1.85 bits per heavy atom. The van der Waals surface area contributed by atoms with Crippen LogP contribution in [-0.4, -0.2) is 39.4 Å². The van der Waals surface area contributed by atoms with Crippen LogP contribution in [0.15, 0.2) is 97.3 Å². The minimum Gasteiger partial charge on any atom is -0.348 e. The maximum Gasteiger partial charge on any atom is 0.244 e. The first-order valence-electron chi connectivity index (χ1n) is 15.3. The first-order chi connectivity index (χ1) is 20.0. The number of imidazole rings is 1. The standard InChI is InChI=1S/C36H44N4O/c1-3-28-22-25-40(26-23-28)34(41)35(37,24-14-21-33-32(4-2)38-27-39-33)36(29-15-8-5-9-16-29,30-17-10-6-11-18-30)31-19-12-7-13-20-31/h5-13,15-20,27-28H,3-4,14,21-26,37H2,1-2H3,(H,38,39). The summed E-state index contributed by atoms with van der Waals surface area (Å²) >= 11 is 0. The number of hydrogen-bond donors (Lipinski definition) is 2. The number of aryl methyl sites for hydroxylation is 2. The molecule has 3 aromatic carbocycles. The smallest absolute Gasteiger partial charge is 0.244 e. The van der Waals surface area contributed by atoms with Gasteiger partial charge in [0.1, 0.15) is 5.54 Å². The van der Waals surface area contributed by atoms with E-state index < -0.39 is 11.0 Å². The third kappa shape index (κ3) is 5.48. The van der Waals surface area contributed by atoms with Gasteiger partial charge >= 0.3 is 0 Å². The summed E-state index contributed by atoms with van der Waals surface area (Å²) in [5.74, 6) is 0.713. The van der Waals surface area contributed by atoms with Crippen LogP contribution in [0.1, 0.15) is 74.0 Å². The van der Waals surface area contributed by atoms with E-state index in [0.717, 1.165) is 79.7 Å². The highest BCUT2D eigenvalue weighted by molar-refractivity contribution is 5.91. The number of nitrogens with two attached hydrogens (primary N) is 1. The van der Waals surface area contributed by atoms with Gasteiger partial charge in [0, 0.05) is 18.8 Å². The lowest BCUT2D eigenvalue weighted by molar-refractivity contribution is -0.140. The first-order valence-corrected chi connectivity index (χ1v) is 15.3. The van der Waals surface area contributed by atoms with Gasteiger partial charge in [0.15, 0.2) is 0 Å². The van der Waals surface area contributed by atoms with Gasteiger partial charge in [0.05, 0.1) is 17.4 Å². The Balaban J connectivity index is 1.69. The summed E-state index contributed by atoms with van der Waals surface area (Å²) in [6, 6.07) is 31.3. The van der Waals surface area contributed by atoms with E-state index in [-0.39, 0.29) is 5.91 Å². The van der Waals surface area contributed by atoms with Crippen molar-refractivity contribution in [1.82, 2.24) is 14.9 Å². The fraction of sp³-hybridized carbons (Fsp3) is 0.389. The number of piperidine rings is 1. The molecule has 5 nitrogen and oxygen atoms in total. The minimum absolute atomic E-state index is 0.0453. The van der Waals surface area contributed by atoms with E-state index >= 15 is 4.79 Å². The van der Waals surface area contributed by atoms with Gasteiger partial charge in [-0.25, -0.2) is 4.98 Å². The quantitative estimate of drug-likeness (QED) is 0.205. The first kappa shape index (κ1) is 28.8. The van der Waals surface area contributed by atoms with Crippen LogP contribution in [0.4, 0.5) is 0 Å². The molecule has 1 saturated heterocycles. The number of aromatic nitrogens is 2. The number of benzene rings is 3. The second kappa shape index (κ2) is 12.9. The predicted octanol–water partition coefficient (Wildman–Crippen LogP) is 6.68. The number of likely N-dealkylation sites (tertiary alicyclic amines) is 1. The molecule has 0 radical (unpaired) electrons. The normalized spacial score (nSPS) is 15.9. The van der Waals surface area contributed by atoms with Crippen molar-refractivity contribution in [2.24, 2.45) is 11.7 Å². The number of nitrogens with zero attached hydrogens (tertiary/aromatic N) is 2. The van der Waals surface area contributed by atoms with Gasteiger partial charge in [0.25, 0.3) is 0 Å². The predicted molar refractivity (Wildman–Crippen MR) is 167 cm³/mol. The Bertz CT molecular complexity index is 1280. The maximum atomic E-state index is 15.1. The zero-order valence-corrected chi connectivity index (χ0v) is 24.6. The highest BCUT2D eigenvalue weighted by Gasteiger charge is 2.57. The average Bonchev–Trinajstić information content (AvgIpc) is 3.50. The van der Waals surface area contributed by atoms with Gasteiger partial charge in [0.2, 0.25) is 5.91 Å². The molecular formula is C36H44N4O. The average molecular weight is 549 g/mol. The number of carbonyl (C=O) groups excluding carboxylic acids is 1. The van der Waals surface area contributed by atoms with E-state index in [1.54, 1.807) is 6.33 Å². The van der Waals surface area contributed by atoms with Gasteiger partial charge in [-0.3, -0.25) is 4.79 Å². The number of rotatable bonds is 11. The molecule has 41 heavy (non-hydrogen) atoms. The van der Waals surface area contributed by atoms with Crippen molar-refractivity contribution in [3.05, 3.63) is 125 Å². The number of nitrogens with one attached hydrogen (secondary N) is 1. The van der Waals surface area contributed by atoms with Crippen LogP contribution in [0.2, 0.25) is 0 Å². The minimum atomic E-state index is -1.23. The second-order valence-corrected chi connectivity index (χ2v) is 11.5. The van der Waals surface area contributed by atoms with Crippen molar-refractivity contribution < 1.29 is 4.79 Å². The molecule has 214 valence electrons. The molecule has 5 rings (SSSR count). The molecule has 1 amide bonds. The Morgan fingerprint density at radius 2 is 1.39 bits per heavy atom. The summed E-state index contributed by atoms with van der Waals surface area (Å²) in [4.78, 5) is 25.0. The van der Waals surface area contributed by atoms with Crippen LogP contribution in [0.5, 0.6) is 0 Å². The molecule has 1 atom stereocenters. The van der Waals surface area contributed by atoms with E-state index in [4.69, 9.17) is 5.73 Å². The van der Waals surface area contributed by atoms with Crippen molar-refractivity contribution in [2.75, 3.05) is 13.1 Å². The van der Waals surface area contributed by atoms with Crippen LogP contribution in [0.25, 0.3) is 0 Å². The summed E-state index contributed by atoms with van der Waals surface area (Å²) in [6.07, 6.45) is 7.94. The Morgan fingerprint density at radius 1 is 0.878 bits per heavy atom. The van der Waals surface area contributed by atoms with Crippen LogP contribution in [-0.2, 0) is 23.1 Å². The Kier molecular flexibility index (Phi) is 9.04. The molecule has 1 unspecified atom stereocenters. The van der Waals surface area contributed by atoms with E-state index in [1.807, 2.05) is 18.2 Å². The highest BCUT2D eigenvalue weighted by Crippen LogP contribution is 2.49. The van der Waals surface area contributed by atoms with E-state index in [9.17, 15) is 0 Å². The maximum absolute atomic E-state index is 15.1. The SMILES string of the molecule is CCc1nc[nH]c1CCCC(N)(C(=O)N1CCC(CC)CC1)C(c1ccccc1)(c1ccccc1)c1ccccc1. The monoisotopic (exact) mass is 548 g/mol. The zero-order chi connectivity index (χ0) is 28.7. The summed E-state index contributed by atoms with van der Waals surface area (Å²) in [7, 11) is 0. The van der Waals surface area contributed by atoms with Gasteiger partial charge < -0.3 is 15.6 Å². The summed E-state index contributed by atoms with van der Waals surface area (Å²) in [6.45, 7) is 5.89. The van der Waals surface area contributed by atoms with Crippen LogP contribution >= 0.6 is 0 Å². The van der Waals surface area contributed by atoms with Crippen LogP contribution < -0.4 is 5.73 Å². The largest absolute Gasteiger partial charge is 0.348 e. The fourth-order valence-corrected chi connectivity index (χ4v) is 7.03. The highest BCUT2D eigenvalue weighted by atomic mass is 16.2. The third-order valence-corrected chi connectivity index (χ3v) is 9.29. The van der Waals surface area contributed by atoms with Crippen molar-refractivity contribution in [1.29, 1.82) is 0 Å². The molecule has 5 heteroatoms. The van der Waals surface area contributed by atoms with E-state index in [1.165, 1.54) is 0 Å². The number of amides is 1. The summed E-state index contributed by atoms with van der Waals surface area (Å²) in [5, 5.41) is 0. The molecule has 4 aromatic rings. The molecule has 2 heterocycles. The van der Waals surface area contributed by atoms with Gasteiger partial charge in [-0.1, -0.05) is 111 Å². The van der Waals surface area contributed by atoms with E-state index in [2.05, 4.69) is 102 Å². The summed E-state index contributed by atoms with van der Waals surface area (Å²) < 4.78 is 0. The van der Waals surface area contributed by atoms with E-state index in [0.29, 0.717) is 12.3 Å². The molecule has 0 bridgehead atoms. The number of aromatic amines is 1. The van der Waals surface area contributed by atoms with Crippen molar-refractivity contribution in [2.45, 2.75) is 69.7 Å². The van der Waals surface area contributed by atoms with Gasteiger partial charge in [-0.05, 0) is 61.1 Å². The molecule has 1 fully saturated rings. The molecule has 0 spiro atoms. The molecule has 1 aliphatic rings. The second-order valence-electron chi connectivity index (χ2n) is 11.5. The Labute approximate surface area is 245 Å². The molecule has 1 aliphatic heterocycles. The van der Waals surface area contributed by atoms with Gasteiger partial charge in [-0.15, -0.1) is 0 Å². The summed E-state index contributed by atoms with van der Waals surface area (Å²) in [5.41, 5.74) is 11.0. The Hall–Kier alpha value is -3.70. The number of hydrogen-bond acceptors (Lipinski definition) is 3. The van der Waals surface area contributed by atoms with Crippen LogP contribution in [0.3, 0.4) is 0 Å². The lowest BCUT2D eigenvalue weighted by Gasteiger charge is -2.51. The molecular weight excluding hydrogens is 504 g/mol. The lowest BCUT2D eigenvalue weighted by Crippen LogP contribution is -2.68. The lowest BCUT2D eigenvalue weighted by atomic mass is 9.56. The van der Waals surface area contributed by atoms with Gasteiger partial charge in [-0.2, -0.15) is 0 Å². The number of carbonyl (C=O) groups is 1. The fourth-order valence-electron chi connectivity index (χ4n) is 7.03. The molecule has 0 aliphatic carbocycles. The topological polar surface area (TPSA) is 75.0 Å². The number of H-pyrrole nitrogens is 1. The van der Waals surface area contributed by atoms with Crippen molar-refractivity contribution in [3.8, 4) is 0 Å². The third-order valence-electron chi connectivity index (χ3n) is 9.29.